The van der Waals surface area contributed by atoms with Crippen LogP contribution in [0.3, 0.4) is 0 Å². The highest BCUT2D eigenvalue weighted by atomic mass is 31.2. The molecule has 0 aromatic carbocycles. The quantitative estimate of drug-likeness (QED) is 0.763. The molecular formula is C10H18FO4P. The van der Waals surface area contributed by atoms with Crippen LogP contribution >= 0.6 is 7.60 Å². The van der Waals surface area contributed by atoms with Crippen LogP contribution in [-0.2, 0) is 13.9 Å². The van der Waals surface area contributed by atoms with Crippen molar-refractivity contribution in [1.82, 2.24) is 0 Å². The lowest BCUT2D eigenvalue weighted by Crippen LogP contribution is -2.38. The molecule has 1 unspecified atom stereocenters. The summed E-state index contributed by atoms with van der Waals surface area (Å²) in [5, 5.41) is 0. The van der Waals surface area contributed by atoms with Crippen LogP contribution in [0, 0.1) is 0 Å². The molecule has 0 radical (unpaired) electrons. The Morgan fingerprint density at radius 2 is 2.00 bits per heavy atom. The van der Waals surface area contributed by atoms with Gasteiger partial charge in [0.05, 0.1) is 6.61 Å². The molecule has 1 fully saturated rings. The van der Waals surface area contributed by atoms with Gasteiger partial charge in [-0.3, -0.25) is 9.36 Å². The topological polar surface area (TPSA) is 63.6 Å². The zero-order chi connectivity index (χ0) is 12.2. The maximum atomic E-state index is 14.1. The third kappa shape index (κ3) is 3.65. The Morgan fingerprint density at radius 3 is 2.50 bits per heavy atom. The molecule has 1 rings (SSSR count). The first-order chi connectivity index (χ1) is 7.40. The molecule has 0 saturated heterocycles. The van der Waals surface area contributed by atoms with Crippen molar-refractivity contribution in [3.05, 3.63) is 0 Å². The minimum absolute atomic E-state index is 0.0420. The van der Waals surface area contributed by atoms with Crippen LogP contribution in [-0.4, -0.2) is 29.1 Å². The molecule has 1 saturated carbocycles. The van der Waals surface area contributed by atoms with Gasteiger partial charge in [0.2, 0.25) is 0 Å². The predicted octanol–water partition coefficient (Wildman–Crippen LogP) is 2.45. The lowest BCUT2D eigenvalue weighted by atomic mass is 9.84. The van der Waals surface area contributed by atoms with E-state index < -0.39 is 25.2 Å². The molecule has 4 nitrogen and oxygen atoms in total. The number of carbonyl (C=O) groups is 1. The van der Waals surface area contributed by atoms with Gasteiger partial charge in [-0.1, -0.05) is 6.42 Å². The Hall–Kier alpha value is -0.250. The number of ketones is 1. The Labute approximate surface area is 94.7 Å². The van der Waals surface area contributed by atoms with Crippen LogP contribution in [0.5, 0.6) is 0 Å². The van der Waals surface area contributed by atoms with Crippen LogP contribution in [0.1, 0.15) is 39.0 Å². The molecule has 94 valence electrons. The van der Waals surface area contributed by atoms with Crippen molar-refractivity contribution in [2.75, 3.05) is 12.8 Å². The number of hydrogen-bond acceptors (Lipinski definition) is 3. The van der Waals surface area contributed by atoms with Crippen molar-refractivity contribution < 1.29 is 23.2 Å². The molecule has 0 aromatic heterocycles. The van der Waals surface area contributed by atoms with Gasteiger partial charge in [-0.05, 0) is 32.6 Å². The summed E-state index contributed by atoms with van der Waals surface area (Å²) >= 11 is 0. The maximum Gasteiger partial charge on any atom is 0.335 e. The summed E-state index contributed by atoms with van der Waals surface area (Å²) < 4.78 is 30.0. The van der Waals surface area contributed by atoms with Gasteiger partial charge < -0.3 is 9.42 Å². The third-order valence-corrected chi connectivity index (χ3v) is 4.17. The van der Waals surface area contributed by atoms with Crippen molar-refractivity contribution in [3.63, 3.8) is 0 Å². The summed E-state index contributed by atoms with van der Waals surface area (Å²) in [5.41, 5.74) is -1.91. The maximum absolute atomic E-state index is 14.1. The summed E-state index contributed by atoms with van der Waals surface area (Å²) in [5.74, 6) is -0.786. The molecule has 0 amide bonds. The fraction of sp³-hybridized carbons (Fsp3) is 0.900. The van der Waals surface area contributed by atoms with E-state index in [9.17, 15) is 18.6 Å². The number of hydrogen-bond donors (Lipinski definition) is 1. The molecule has 1 N–H and O–H groups in total. The number of carbonyl (C=O) groups excluding carboxylic acids is 1. The Balaban J connectivity index is 2.60. The summed E-state index contributed by atoms with van der Waals surface area (Å²) in [7, 11) is -3.95. The average Bonchev–Trinajstić information content (AvgIpc) is 2.17. The van der Waals surface area contributed by atoms with E-state index in [2.05, 4.69) is 4.52 Å². The van der Waals surface area contributed by atoms with E-state index >= 15 is 0 Å². The van der Waals surface area contributed by atoms with E-state index in [-0.39, 0.29) is 19.4 Å². The smallest absolute Gasteiger partial charge is 0.324 e. The van der Waals surface area contributed by atoms with Crippen molar-refractivity contribution in [3.8, 4) is 0 Å². The lowest BCUT2D eigenvalue weighted by Gasteiger charge is -2.28. The summed E-state index contributed by atoms with van der Waals surface area (Å²) in [6.45, 7) is 1.60. The van der Waals surface area contributed by atoms with Gasteiger partial charge in [0.1, 0.15) is 6.16 Å². The fourth-order valence-corrected chi connectivity index (χ4v) is 3.10. The molecule has 0 aromatic rings. The summed E-state index contributed by atoms with van der Waals surface area (Å²) in [4.78, 5) is 20.9. The van der Waals surface area contributed by atoms with E-state index in [1.807, 2.05) is 0 Å². The summed E-state index contributed by atoms with van der Waals surface area (Å²) in [6.07, 6.45) is 1.85. The van der Waals surface area contributed by atoms with E-state index in [4.69, 9.17) is 0 Å². The Bertz CT molecular complexity index is 299. The van der Waals surface area contributed by atoms with E-state index in [0.717, 1.165) is 6.42 Å². The molecule has 0 heterocycles. The minimum atomic E-state index is -3.95. The molecule has 1 aliphatic rings. The average molecular weight is 252 g/mol. The SMILES string of the molecule is CCOP(=O)(O)CC(=O)C1(F)CCCCC1. The van der Waals surface area contributed by atoms with Gasteiger partial charge in [-0.2, -0.15) is 0 Å². The van der Waals surface area contributed by atoms with Crippen molar-refractivity contribution in [1.29, 1.82) is 0 Å². The first-order valence-electron chi connectivity index (χ1n) is 5.58. The molecule has 1 aliphatic carbocycles. The Morgan fingerprint density at radius 1 is 1.44 bits per heavy atom. The predicted molar refractivity (Wildman–Crippen MR) is 58.2 cm³/mol. The van der Waals surface area contributed by atoms with Crippen LogP contribution in [0.15, 0.2) is 0 Å². The van der Waals surface area contributed by atoms with Gasteiger partial charge in [0.25, 0.3) is 0 Å². The highest BCUT2D eigenvalue weighted by Crippen LogP contribution is 2.44. The van der Waals surface area contributed by atoms with Gasteiger partial charge in [-0.25, -0.2) is 4.39 Å². The Kier molecular flexibility index (Phi) is 4.65. The highest BCUT2D eigenvalue weighted by Gasteiger charge is 2.42. The molecular weight excluding hydrogens is 234 g/mol. The number of alkyl halides is 1. The fourth-order valence-electron chi connectivity index (χ4n) is 1.96. The van der Waals surface area contributed by atoms with Crippen molar-refractivity contribution in [2.45, 2.75) is 44.7 Å². The van der Waals surface area contributed by atoms with Crippen molar-refractivity contribution in [2.24, 2.45) is 0 Å². The molecule has 0 aliphatic heterocycles. The lowest BCUT2D eigenvalue weighted by molar-refractivity contribution is -0.130. The normalized spacial score (nSPS) is 23.7. The van der Waals surface area contributed by atoms with E-state index in [0.29, 0.717) is 12.8 Å². The van der Waals surface area contributed by atoms with Gasteiger partial charge in [0.15, 0.2) is 11.5 Å². The first-order valence-corrected chi connectivity index (χ1v) is 7.34. The number of rotatable bonds is 5. The van der Waals surface area contributed by atoms with Gasteiger partial charge >= 0.3 is 7.60 Å². The van der Waals surface area contributed by atoms with Crippen LogP contribution in [0.25, 0.3) is 0 Å². The zero-order valence-electron chi connectivity index (χ0n) is 9.45. The second kappa shape index (κ2) is 5.39. The van der Waals surface area contributed by atoms with Gasteiger partial charge in [0, 0.05) is 0 Å². The molecule has 0 bridgehead atoms. The summed E-state index contributed by atoms with van der Waals surface area (Å²) in [6, 6.07) is 0. The molecule has 0 spiro atoms. The first kappa shape index (κ1) is 13.8. The van der Waals surface area contributed by atoms with Crippen LogP contribution in [0.2, 0.25) is 0 Å². The number of Topliss-reactive ketones (excluding diaryl/α,β-unsaturated/α-hetero) is 1. The van der Waals surface area contributed by atoms with Crippen LogP contribution in [0.4, 0.5) is 4.39 Å². The van der Waals surface area contributed by atoms with E-state index in [1.165, 1.54) is 0 Å². The highest BCUT2D eigenvalue weighted by molar-refractivity contribution is 7.53. The second-order valence-corrected chi connectivity index (χ2v) is 6.01. The van der Waals surface area contributed by atoms with Gasteiger partial charge in [-0.15, -0.1) is 0 Å². The standard InChI is InChI=1S/C10H18FO4P/c1-2-15-16(13,14)8-9(12)10(11)6-4-3-5-7-10/h2-8H2,1H3,(H,13,14). The van der Waals surface area contributed by atoms with Crippen LogP contribution < -0.4 is 0 Å². The number of halogens is 1. The van der Waals surface area contributed by atoms with Crippen molar-refractivity contribution >= 4 is 13.4 Å². The monoisotopic (exact) mass is 252 g/mol. The second-order valence-electron chi connectivity index (χ2n) is 4.16. The molecule has 1 atom stereocenters. The minimum Gasteiger partial charge on any atom is -0.324 e. The zero-order valence-corrected chi connectivity index (χ0v) is 10.3. The van der Waals surface area contributed by atoms with E-state index in [1.54, 1.807) is 6.92 Å². The largest absolute Gasteiger partial charge is 0.335 e. The molecule has 6 heteroatoms. The molecule has 16 heavy (non-hydrogen) atoms. The third-order valence-electron chi connectivity index (χ3n) is 2.82.